The summed E-state index contributed by atoms with van der Waals surface area (Å²) in [7, 11) is 0. The zero-order valence-electron chi connectivity index (χ0n) is 11.1. The lowest BCUT2D eigenvalue weighted by molar-refractivity contribution is 0.0515. The maximum absolute atomic E-state index is 11.6. The number of amides is 1. The van der Waals surface area contributed by atoms with Gasteiger partial charge in [0.1, 0.15) is 11.6 Å². The van der Waals surface area contributed by atoms with Crippen LogP contribution in [0.15, 0.2) is 24.3 Å². The number of nitrogens with one attached hydrogen (secondary N) is 1. The quantitative estimate of drug-likeness (QED) is 0.882. The molecule has 0 spiro atoms. The Morgan fingerprint density at radius 1 is 1.26 bits per heavy atom. The highest BCUT2D eigenvalue weighted by atomic mass is 16.6. The molecule has 1 atom stereocenters. The molecule has 0 saturated heterocycles. The predicted molar refractivity (Wildman–Crippen MR) is 68.9 cm³/mol. The van der Waals surface area contributed by atoms with Gasteiger partial charge in [-0.05, 0) is 38.5 Å². The monoisotopic (exact) mass is 257 g/mol. The lowest BCUT2D eigenvalue weighted by atomic mass is 10.1. The first-order valence-corrected chi connectivity index (χ1v) is 5.75. The van der Waals surface area contributed by atoms with E-state index < -0.39 is 17.7 Å². The summed E-state index contributed by atoms with van der Waals surface area (Å²) in [6.07, 6.45) is -0.650. The number of carbonyl (C=O) groups is 1. The smallest absolute Gasteiger partial charge is 0.408 e. The van der Waals surface area contributed by atoms with E-state index in [2.05, 4.69) is 5.32 Å². The minimum atomic E-state index is -0.803. The maximum Gasteiger partial charge on any atom is 0.408 e. The summed E-state index contributed by atoms with van der Waals surface area (Å²) >= 11 is 0. The maximum atomic E-state index is 11.6. The second kappa shape index (κ2) is 5.88. The molecule has 1 N–H and O–H groups in total. The first kappa shape index (κ1) is 14.5. The Labute approximate surface area is 112 Å². The first-order valence-electron chi connectivity index (χ1n) is 5.75. The van der Waals surface area contributed by atoms with E-state index in [-0.39, 0.29) is 0 Å². The standard InChI is InChI=1S/C14H15N3O2/c1-14(2,3)19-13(18)17-12(9-16)11-6-4-10(8-15)5-7-11/h4-7,12H,1-3H3,(H,17,18). The molecule has 1 aromatic rings. The number of carbonyl (C=O) groups excluding carboxylic acids is 1. The summed E-state index contributed by atoms with van der Waals surface area (Å²) in [4.78, 5) is 11.6. The number of ether oxygens (including phenoxy) is 1. The summed E-state index contributed by atoms with van der Waals surface area (Å²) < 4.78 is 5.08. The number of benzene rings is 1. The van der Waals surface area contributed by atoms with Crippen LogP contribution in [0.2, 0.25) is 0 Å². The van der Waals surface area contributed by atoms with E-state index in [9.17, 15) is 4.79 Å². The van der Waals surface area contributed by atoms with E-state index in [1.54, 1.807) is 45.0 Å². The van der Waals surface area contributed by atoms with Crippen molar-refractivity contribution in [2.24, 2.45) is 0 Å². The van der Waals surface area contributed by atoms with Crippen LogP contribution in [-0.2, 0) is 4.74 Å². The third-order valence-electron chi connectivity index (χ3n) is 2.16. The number of alkyl carbamates (subject to hydrolysis) is 1. The summed E-state index contributed by atoms with van der Waals surface area (Å²) in [5.41, 5.74) is 0.486. The molecule has 0 aliphatic rings. The molecule has 5 heteroatoms. The fourth-order valence-electron chi connectivity index (χ4n) is 1.37. The van der Waals surface area contributed by atoms with Crippen LogP contribution in [0.25, 0.3) is 0 Å². The van der Waals surface area contributed by atoms with Crippen molar-refractivity contribution in [2.45, 2.75) is 32.4 Å². The number of nitriles is 2. The van der Waals surface area contributed by atoms with Crippen molar-refractivity contribution in [1.29, 1.82) is 10.5 Å². The van der Waals surface area contributed by atoms with Gasteiger partial charge in [0, 0.05) is 0 Å². The summed E-state index contributed by atoms with van der Waals surface area (Å²) in [5, 5.41) is 20.2. The molecule has 98 valence electrons. The molecule has 0 aromatic heterocycles. The number of rotatable bonds is 2. The Morgan fingerprint density at radius 3 is 2.26 bits per heavy atom. The van der Waals surface area contributed by atoms with Crippen molar-refractivity contribution in [3.05, 3.63) is 35.4 Å². The van der Waals surface area contributed by atoms with Crippen molar-refractivity contribution in [1.82, 2.24) is 5.32 Å². The fraction of sp³-hybridized carbons (Fsp3) is 0.357. The summed E-state index contributed by atoms with van der Waals surface area (Å²) in [6, 6.07) is 9.61. The lowest BCUT2D eigenvalue weighted by Crippen LogP contribution is -2.34. The molecular formula is C14H15N3O2. The van der Waals surface area contributed by atoms with Gasteiger partial charge in [-0.2, -0.15) is 10.5 Å². The molecule has 1 amide bonds. The van der Waals surface area contributed by atoms with Crippen molar-refractivity contribution >= 4 is 6.09 Å². The second-order valence-electron chi connectivity index (χ2n) is 4.94. The van der Waals surface area contributed by atoms with E-state index >= 15 is 0 Å². The van der Waals surface area contributed by atoms with Gasteiger partial charge in [0.25, 0.3) is 0 Å². The molecule has 19 heavy (non-hydrogen) atoms. The highest BCUT2D eigenvalue weighted by Gasteiger charge is 2.20. The molecule has 0 bridgehead atoms. The lowest BCUT2D eigenvalue weighted by Gasteiger charge is -2.21. The van der Waals surface area contributed by atoms with E-state index in [0.29, 0.717) is 11.1 Å². The zero-order valence-corrected chi connectivity index (χ0v) is 11.1. The molecule has 0 aliphatic heterocycles. The van der Waals surface area contributed by atoms with E-state index in [1.165, 1.54) is 0 Å². The highest BCUT2D eigenvalue weighted by Crippen LogP contribution is 2.14. The van der Waals surface area contributed by atoms with Crippen LogP contribution in [0.3, 0.4) is 0 Å². The Balaban J connectivity index is 2.76. The Bertz CT molecular complexity index is 530. The van der Waals surface area contributed by atoms with Crippen LogP contribution in [0, 0.1) is 22.7 Å². The van der Waals surface area contributed by atoms with Gasteiger partial charge in [-0.3, -0.25) is 0 Å². The molecule has 1 unspecified atom stereocenters. The largest absolute Gasteiger partial charge is 0.444 e. The number of hydrogen-bond acceptors (Lipinski definition) is 4. The van der Waals surface area contributed by atoms with E-state index in [4.69, 9.17) is 15.3 Å². The molecule has 1 rings (SSSR count). The van der Waals surface area contributed by atoms with Crippen molar-refractivity contribution in [3.8, 4) is 12.1 Å². The van der Waals surface area contributed by atoms with Crippen LogP contribution in [-0.4, -0.2) is 11.7 Å². The topological polar surface area (TPSA) is 85.9 Å². The average molecular weight is 257 g/mol. The fourth-order valence-corrected chi connectivity index (χ4v) is 1.37. The third-order valence-corrected chi connectivity index (χ3v) is 2.16. The average Bonchev–Trinajstić information content (AvgIpc) is 2.34. The molecule has 0 aliphatic carbocycles. The van der Waals surface area contributed by atoms with Crippen LogP contribution in [0.1, 0.15) is 37.9 Å². The molecule has 0 fully saturated rings. The van der Waals surface area contributed by atoms with Crippen molar-refractivity contribution in [3.63, 3.8) is 0 Å². The van der Waals surface area contributed by atoms with Gasteiger partial charge in [-0.25, -0.2) is 4.79 Å². The van der Waals surface area contributed by atoms with E-state index in [1.807, 2.05) is 12.1 Å². The van der Waals surface area contributed by atoms with Crippen LogP contribution in [0.5, 0.6) is 0 Å². The van der Waals surface area contributed by atoms with Gasteiger partial charge in [-0.15, -0.1) is 0 Å². The van der Waals surface area contributed by atoms with Gasteiger partial charge >= 0.3 is 6.09 Å². The summed E-state index contributed by atoms with van der Waals surface area (Å²) in [5.74, 6) is 0. The van der Waals surface area contributed by atoms with Crippen LogP contribution < -0.4 is 5.32 Å². The van der Waals surface area contributed by atoms with E-state index in [0.717, 1.165) is 0 Å². The minimum Gasteiger partial charge on any atom is -0.444 e. The molecular weight excluding hydrogens is 242 g/mol. The second-order valence-corrected chi connectivity index (χ2v) is 4.94. The SMILES string of the molecule is CC(C)(C)OC(=O)NC(C#N)c1ccc(C#N)cc1. The number of nitrogens with zero attached hydrogens (tertiary/aromatic N) is 2. The van der Waals surface area contributed by atoms with Crippen LogP contribution >= 0.6 is 0 Å². The molecule has 0 heterocycles. The number of hydrogen-bond donors (Lipinski definition) is 1. The minimum absolute atomic E-state index is 0.498. The third kappa shape index (κ3) is 4.69. The van der Waals surface area contributed by atoms with Crippen molar-refractivity contribution in [2.75, 3.05) is 0 Å². The molecule has 5 nitrogen and oxygen atoms in total. The first-order chi connectivity index (χ1) is 8.85. The Hall–Kier alpha value is -2.53. The molecule has 0 radical (unpaired) electrons. The Kier molecular flexibility index (Phi) is 4.50. The van der Waals surface area contributed by atoms with Crippen LogP contribution in [0.4, 0.5) is 4.79 Å². The highest BCUT2D eigenvalue weighted by molar-refractivity contribution is 5.69. The molecule has 1 aromatic carbocycles. The van der Waals surface area contributed by atoms with Gasteiger partial charge < -0.3 is 10.1 Å². The van der Waals surface area contributed by atoms with Gasteiger partial charge in [-0.1, -0.05) is 12.1 Å². The summed E-state index contributed by atoms with van der Waals surface area (Å²) in [6.45, 7) is 5.24. The Morgan fingerprint density at radius 2 is 1.84 bits per heavy atom. The van der Waals surface area contributed by atoms with Crippen molar-refractivity contribution < 1.29 is 9.53 Å². The van der Waals surface area contributed by atoms with Gasteiger partial charge in [0.15, 0.2) is 0 Å². The van der Waals surface area contributed by atoms with Gasteiger partial charge in [0.2, 0.25) is 0 Å². The predicted octanol–water partition coefficient (Wildman–Crippen LogP) is 2.65. The van der Waals surface area contributed by atoms with Gasteiger partial charge in [0.05, 0.1) is 17.7 Å². The molecule has 0 saturated carbocycles. The zero-order chi connectivity index (χ0) is 14.5. The normalized spacial score (nSPS) is 11.8.